The first kappa shape index (κ1) is 35.7. The molecule has 3 amide bonds. The molecule has 0 rings (SSSR count). The van der Waals surface area contributed by atoms with E-state index in [0.29, 0.717) is 0 Å². The first-order chi connectivity index (χ1) is 18.4. The fourth-order valence-corrected chi connectivity index (χ4v) is 2.72. The third kappa shape index (κ3) is 14.4. The van der Waals surface area contributed by atoms with Crippen molar-refractivity contribution in [3.05, 3.63) is 0 Å². The predicted molar refractivity (Wildman–Crippen MR) is 127 cm³/mol. The highest BCUT2D eigenvalue weighted by Crippen LogP contribution is 2.05. The number of nitrogens with one attached hydrogen (secondary N) is 4. The van der Waals surface area contributed by atoms with Crippen LogP contribution < -0.4 is 21.4 Å². The number of amides is 3. The zero-order chi connectivity index (χ0) is 30.0. The van der Waals surface area contributed by atoms with Gasteiger partial charge < -0.3 is 35.3 Å². The number of halogens is 2. The van der Waals surface area contributed by atoms with Crippen LogP contribution in [-0.4, -0.2) is 112 Å². The number of alkyl halides is 2. The molecule has 0 saturated carbocycles. The highest BCUT2D eigenvalue weighted by atomic mass is 19.1. The van der Waals surface area contributed by atoms with Gasteiger partial charge in [0.2, 0.25) is 18.0 Å². The minimum Gasteiger partial charge on any atom is -0.469 e. The molecule has 15 nitrogen and oxygen atoms in total. The molecule has 4 atom stereocenters. The van der Waals surface area contributed by atoms with Crippen LogP contribution in [0.25, 0.3) is 0 Å². The lowest BCUT2D eigenvalue weighted by Crippen LogP contribution is -2.58. The number of aliphatic hydroxyl groups is 1. The molecule has 0 spiro atoms. The van der Waals surface area contributed by atoms with Crippen molar-refractivity contribution in [2.75, 3.05) is 46.9 Å². The number of hydrogen-bond acceptors (Lipinski definition) is 12. The number of methoxy groups -OCH3 is 1. The van der Waals surface area contributed by atoms with Crippen LogP contribution in [0.1, 0.15) is 27.2 Å². The summed E-state index contributed by atoms with van der Waals surface area (Å²) in [6.07, 6.45) is -2.14. The van der Waals surface area contributed by atoms with Crippen LogP contribution in [0.15, 0.2) is 0 Å². The van der Waals surface area contributed by atoms with E-state index >= 15 is 0 Å². The molecule has 0 bridgehead atoms. The molecule has 0 aromatic heterocycles. The summed E-state index contributed by atoms with van der Waals surface area (Å²) in [5, 5.41) is 15.9. The Kier molecular flexibility index (Phi) is 18.1. The Morgan fingerprint density at radius 2 is 1.49 bits per heavy atom. The number of rotatable bonds is 20. The maximum Gasteiger partial charge on any atom is 0.337 e. The Balaban J connectivity index is 5.19. The standard InChI is InChI=1S/C22H36F2N4O11/c1-12(2)18(27-21(35)22(38-6-5-29)28-39-8-7-37-17(32)11-24)20(34)25-13(3)19(33)26-14(15(30)10-23)9-16(31)36-4/h12-14,18,22,28-29H,5-11H2,1-4H3,(H,25,34)(H,26,33)(H,27,35). The van der Waals surface area contributed by atoms with Gasteiger partial charge in [0.25, 0.3) is 5.91 Å². The van der Waals surface area contributed by atoms with Gasteiger partial charge in [0, 0.05) is 0 Å². The summed E-state index contributed by atoms with van der Waals surface area (Å²) >= 11 is 0. The van der Waals surface area contributed by atoms with Crippen molar-refractivity contribution in [2.45, 2.75) is 51.5 Å². The highest BCUT2D eigenvalue weighted by molar-refractivity contribution is 5.96. The molecule has 224 valence electrons. The molecule has 0 aliphatic carbocycles. The number of hydroxylamine groups is 1. The monoisotopic (exact) mass is 570 g/mol. The Morgan fingerprint density at radius 1 is 0.821 bits per heavy atom. The van der Waals surface area contributed by atoms with Crippen molar-refractivity contribution in [1.29, 1.82) is 0 Å². The summed E-state index contributed by atoms with van der Waals surface area (Å²) in [6, 6.07) is -3.98. The van der Waals surface area contributed by atoms with Crippen LogP contribution in [0.5, 0.6) is 0 Å². The van der Waals surface area contributed by atoms with Crippen LogP contribution in [0, 0.1) is 5.92 Å². The number of ether oxygens (including phenoxy) is 3. The molecular formula is C22H36F2N4O11. The molecule has 0 radical (unpaired) electrons. The number of ketones is 1. The third-order valence-corrected chi connectivity index (χ3v) is 4.80. The fourth-order valence-electron chi connectivity index (χ4n) is 2.72. The van der Waals surface area contributed by atoms with Gasteiger partial charge in [0.05, 0.1) is 26.7 Å². The zero-order valence-electron chi connectivity index (χ0n) is 22.1. The van der Waals surface area contributed by atoms with Crippen molar-refractivity contribution in [3.8, 4) is 0 Å². The van der Waals surface area contributed by atoms with Gasteiger partial charge in [-0.2, -0.15) is 5.48 Å². The van der Waals surface area contributed by atoms with Crippen LogP contribution in [0.2, 0.25) is 0 Å². The SMILES string of the molecule is COC(=O)CC(NC(=O)C(C)NC(=O)C(NC(=O)C(NOCCOC(=O)CF)OCCO)C(C)C)C(=O)CF. The molecule has 5 N–H and O–H groups in total. The van der Waals surface area contributed by atoms with E-state index in [2.05, 4.69) is 30.9 Å². The molecule has 0 aliphatic rings. The van der Waals surface area contributed by atoms with Crippen molar-refractivity contribution in [2.24, 2.45) is 5.92 Å². The molecule has 4 unspecified atom stereocenters. The summed E-state index contributed by atoms with van der Waals surface area (Å²) < 4.78 is 38.9. The second kappa shape index (κ2) is 19.7. The molecule has 0 saturated heterocycles. The first-order valence-corrected chi connectivity index (χ1v) is 11.8. The maximum absolute atomic E-state index is 12.8. The average Bonchev–Trinajstić information content (AvgIpc) is 2.91. The van der Waals surface area contributed by atoms with E-state index in [-0.39, 0.29) is 19.8 Å². The molecule has 0 fully saturated rings. The van der Waals surface area contributed by atoms with Gasteiger partial charge in [0.1, 0.15) is 38.0 Å². The summed E-state index contributed by atoms with van der Waals surface area (Å²) in [6.45, 7) is 0.306. The molecule has 39 heavy (non-hydrogen) atoms. The van der Waals surface area contributed by atoms with E-state index in [9.17, 15) is 37.5 Å². The minimum atomic E-state index is -1.53. The lowest BCUT2D eigenvalue weighted by molar-refractivity contribution is -0.158. The smallest absolute Gasteiger partial charge is 0.337 e. The fraction of sp³-hybridized carbons (Fsp3) is 0.727. The Morgan fingerprint density at radius 3 is 2.03 bits per heavy atom. The Bertz CT molecular complexity index is 832. The Labute approximate surface area is 223 Å². The number of carbonyl (C=O) groups is 6. The summed E-state index contributed by atoms with van der Waals surface area (Å²) in [5.41, 5.74) is 2.22. The van der Waals surface area contributed by atoms with E-state index in [1.165, 1.54) is 6.92 Å². The Hall–Kier alpha value is -3.28. The van der Waals surface area contributed by atoms with Gasteiger partial charge in [-0.1, -0.05) is 13.8 Å². The quantitative estimate of drug-likeness (QED) is 0.0449. The topological polar surface area (TPSA) is 208 Å². The predicted octanol–water partition coefficient (Wildman–Crippen LogP) is -2.41. The minimum absolute atomic E-state index is 0.291. The highest BCUT2D eigenvalue weighted by Gasteiger charge is 2.31. The lowest BCUT2D eigenvalue weighted by Gasteiger charge is -2.26. The zero-order valence-corrected chi connectivity index (χ0v) is 22.1. The van der Waals surface area contributed by atoms with Gasteiger partial charge in [-0.05, 0) is 12.8 Å². The second-order valence-electron chi connectivity index (χ2n) is 8.20. The summed E-state index contributed by atoms with van der Waals surface area (Å²) in [4.78, 5) is 77.0. The van der Waals surface area contributed by atoms with Crippen LogP contribution in [0.3, 0.4) is 0 Å². The number of Topliss-reactive ketones (excluding diaryl/α,β-unsaturated/α-hetero) is 1. The largest absolute Gasteiger partial charge is 0.469 e. The van der Waals surface area contributed by atoms with Crippen LogP contribution >= 0.6 is 0 Å². The number of aliphatic hydroxyl groups excluding tert-OH is 1. The van der Waals surface area contributed by atoms with Gasteiger partial charge in [-0.3, -0.25) is 28.8 Å². The lowest BCUT2D eigenvalue weighted by atomic mass is 10.0. The second-order valence-corrected chi connectivity index (χ2v) is 8.20. The number of hydrogen-bond donors (Lipinski definition) is 5. The first-order valence-electron chi connectivity index (χ1n) is 11.8. The molecule has 0 aliphatic heterocycles. The van der Waals surface area contributed by atoms with E-state index in [1.807, 2.05) is 0 Å². The van der Waals surface area contributed by atoms with Gasteiger partial charge >= 0.3 is 11.9 Å². The summed E-state index contributed by atoms with van der Waals surface area (Å²) in [7, 11) is 1.05. The molecule has 0 heterocycles. The van der Waals surface area contributed by atoms with Gasteiger partial charge in [0.15, 0.2) is 12.5 Å². The van der Waals surface area contributed by atoms with Gasteiger partial charge in [-0.25, -0.2) is 13.6 Å². The normalized spacial score (nSPS) is 13.9. The molecule has 0 aromatic rings. The van der Waals surface area contributed by atoms with E-state index in [0.717, 1.165) is 7.11 Å². The van der Waals surface area contributed by atoms with Gasteiger partial charge in [-0.15, -0.1) is 0 Å². The van der Waals surface area contributed by atoms with Crippen molar-refractivity contribution in [1.82, 2.24) is 21.4 Å². The van der Waals surface area contributed by atoms with E-state index in [1.54, 1.807) is 13.8 Å². The molecule has 17 heteroatoms. The maximum atomic E-state index is 12.8. The summed E-state index contributed by atoms with van der Waals surface area (Å²) in [5.74, 6) is -6.15. The van der Waals surface area contributed by atoms with Crippen molar-refractivity contribution >= 4 is 35.4 Å². The van der Waals surface area contributed by atoms with E-state index < -0.39 is 92.1 Å². The van der Waals surface area contributed by atoms with Crippen molar-refractivity contribution in [3.63, 3.8) is 0 Å². The number of esters is 2. The van der Waals surface area contributed by atoms with E-state index in [4.69, 9.17) is 14.7 Å². The average molecular weight is 571 g/mol. The number of carbonyl (C=O) groups excluding carboxylic acids is 6. The van der Waals surface area contributed by atoms with Crippen LogP contribution in [0.4, 0.5) is 8.78 Å². The third-order valence-electron chi connectivity index (χ3n) is 4.80. The molecule has 0 aromatic carbocycles. The van der Waals surface area contributed by atoms with Crippen LogP contribution in [-0.2, 0) is 47.8 Å². The van der Waals surface area contributed by atoms with Crippen molar-refractivity contribution < 1.29 is 61.7 Å². The molecular weight excluding hydrogens is 534 g/mol.